The zero-order valence-electron chi connectivity index (χ0n) is 9.34. The second kappa shape index (κ2) is 4.10. The molecule has 0 aliphatic rings. The van der Waals surface area contributed by atoms with Crippen LogP contribution < -0.4 is 0 Å². The minimum atomic E-state index is -1.59. The van der Waals surface area contributed by atoms with Gasteiger partial charge in [-0.1, -0.05) is 43.7 Å². The summed E-state index contributed by atoms with van der Waals surface area (Å²) in [6, 6.07) is 0. The minimum absolute atomic E-state index is 1.12. The normalized spacial score (nSPS) is 16.9. The van der Waals surface area contributed by atoms with E-state index in [4.69, 9.17) is 0 Å². The summed E-state index contributed by atoms with van der Waals surface area (Å²) >= 11 is 0. The number of hydrogen-bond donors (Lipinski definition) is 0. The SMILES string of the molecule is C=C/C=C\C(=C/C)S(=C)(C)(C)CC. The third-order valence-corrected chi connectivity index (χ3v) is 6.24. The summed E-state index contributed by atoms with van der Waals surface area (Å²) in [4.78, 5) is 1.36. The van der Waals surface area contributed by atoms with Crippen LogP contribution in [0.1, 0.15) is 13.8 Å². The van der Waals surface area contributed by atoms with Crippen molar-refractivity contribution in [1.29, 1.82) is 0 Å². The highest BCUT2D eigenvalue weighted by atomic mass is 32.3. The van der Waals surface area contributed by atoms with Crippen molar-refractivity contribution < 1.29 is 0 Å². The van der Waals surface area contributed by atoms with Crippen molar-refractivity contribution in [3.63, 3.8) is 0 Å². The number of hydrogen-bond acceptors (Lipinski definition) is 0. The van der Waals surface area contributed by atoms with Crippen molar-refractivity contribution in [2.45, 2.75) is 13.8 Å². The molecule has 76 valence electrons. The van der Waals surface area contributed by atoms with Gasteiger partial charge in [-0.15, -0.1) is 0 Å². The van der Waals surface area contributed by atoms with Crippen LogP contribution in [-0.4, -0.2) is 24.1 Å². The van der Waals surface area contributed by atoms with Crippen LogP contribution in [0.15, 0.2) is 35.8 Å². The lowest BCUT2D eigenvalue weighted by molar-refractivity contribution is 1.48. The maximum Gasteiger partial charge on any atom is -0.0185 e. The zero-order valence-corrected chi connectivity index (χ0v) is 10.2. The van der Waals surface area contributed by atoms with Crippen LogP contribution >= 0.6 is 8.75 Å². The second-order valence-corrected chi connectivity index (χ2v) is 10.0. The molecule has 0 bridgehead atoms. The Kier molecular flexibility index (Phi) is 3.92. The van der Waals surface area contributed by atoms with E-state index in [1.165, 1.54) is 4.91 Å². The average Bonchev–Trinajstić information content (AvgIpc) is 2.05. The van der Waals surface area contributed by atoms with Gasteiger partial charge in [0.2, 0.25) is 0 Å². The van der Waals surface area contributed by atoms with E-state index < -0.39 is 8.75 Å². The molecule has 0 aliphatic heterocycles. The lowest BCUT2D eigenvalue weighted by Gasteiger charge is -2.41. The molecule has 13 heavy (non-hydrogen) atoms. The lowest BCUT2D eigenvalue weighted by atomic mass is 10.4. The molecule has 1 heteroatoms. The van der Waals surface area contributed by atoms with Gasteiger partial charge in [-0.2, -0.15) is 0 Å². The summed E-state index contributed by atoms with van der Waals surface area (Å²) in [6.45, 7) is 7.96. The van der Waals surface area contributed by atoms with Gasteiger partial charge in [0.1, 0.15) is 0 Å². The fraction of sp³-hybridized carbons (Fsp3) is 0.417. The van der Waals surface area contributed by atoms with Gasteiger partial charge < -0.3 is 0 Å². The maximum absolute atomic E-state index is 4.40. The van der Waals surface area contributed by atoms with Gasteiger partial charge in [-0.3, -0.25) is 0 Å². The monoisotopic (exact) mass is 198 g/mol. The second-order valence-electron chi connectivity index (χ2n) is 4.04. The highest BCUT2D eigenvalue weighted by Gasteiger charge is 2.18. The molecule has 0 aromatic carbocycles. The Hall–Kier alpha value is -0.560. The quantitative estimate of drug-likeness (QED) is 0.477. The van der Waals surface area contributed by atoms with Crippen molar-refractivity contribution in [2.24, 2.45) is 0 Å². The van der Waals surface area contributed by atoms with Crippen molar-refractivity contribution in [3.05, 3.63) is 35.8 Å². The van der Waals surface area contributed by atoms with Crippen LogP contribution in [0.5, 0.6) is 0 Å². The van der Waals surface area contributed by atoms with Gasteiger partial charge in [0, 0.05) is 0 Å². The zero-order chi connectivity index (χ0) is 10.6. The molecule has 0 aromatic rings. The lowest BCUT2D eigenvalue weighted by Crippen LogP contribution is -2.08. The van der Waals surface area contributed by atoms with Gasteiger partial charge in [0.15, 0.2) is 0 Å². The molecule has 0 saturated heterocycles. The fourth-order valence-electron chi connectivity index (χ4n) is 1.06. The van der Waals surface area contributed by atoms with E-state index in [0.29, 0.717) is 0 Å². The minimum Gasteiger partial charge on any atom is -0.233 e. The molecule has 0 fully saturated rings. The third-order valence-electron chi connectivity index (χ3n) is 2.41. The summed E-state index contributed by atoms with van der Waals surface area (Å²) in [5, 5.41) is 0. The van der Waals surface area contributed by atoms with Crippen LogP contribution in [0.25, 0.3) is 0 Å². The van der Waals surface area contributed by atoms with Crippen molar-refractivity contribution in [1.82, 2.24) is 0 Å². The highest BCUT2D eigenvalue weighted by Crippen LogP contribution is 2.57. The van der Waals surface area contributed by atoms with Gasteiger partial charge in [-0.05, 0) is 30.1 Å². The van der Waals surface area contributed by atoms with Gasteiger partial charge in [0.05, 0.1) is 0 Å². The van der Waals surface area contributed by atoms with E-state index in [-0.39, 0.29) is 0 Å². The Bertz CT molecular complexity index is 297. The molecule has 0 atom stereocenters. The predicted molar refractivity (Wildman–Crippen MR) is 70.2 cm³/mol. The van der Waals surface area contributed by atoms with E-state index in [1.807, 2.05) is 12.2 Å². The summed E-state index contributed by atoms with van der Waals surface area (Å²) in [5.41, 5.74) is 0. The molecular weight excluding hydrogens is 176 g/mol. The van der Waals surface area contributed by atoms with Crippen LogP contribution in [0.2, 0.25) is 0 Å². The van der Waals surface area contributed by atoms with Crippen LogP contribution in [0.3, 0.4) is 0 Å². The first kappa shape index (κ1) is 12.4. The number of rotatable bonds is 4. The molecule has 0 saturated carbocycles. The molecule has 0 heterocycles. The van der Waals surface area contributed by atoms with E-state index in [9.17, 15) is 0 Å². The van der Waals surface area contributed by atoms with Crippen LogP contribution in [-0.2, 0) is 0 Å². The molecule has 0 aromatic heterocycles. The Morgan fingerprint density at radius 2 is 1.92 bits per heavy atom. The van der Waals surface area contributed by atoms with Crippen molar-refractivity contribution in [3.8, 4) is 0 Å². The van der Waals surface area contributed by atoms with Gasteiger partial charge in [-0.25, -0.2) is 8.75 Å². The largest absolute Gasteiger partial charge is 0.233 e. The molecule has 0 N–H and O–H groups in total. The van der Waals surface area contributed by atoms with E-state index in [2.05, 4.69) is 51.0 Å². The Labute approximate surface area is 82.9 Å². The fourth-order valence-corrected chi connectivity index (χ4v) is 2.74. The molecule has 0 aliphatic carbocycles. The predicted octanol–water partition coefficient (Wildman–Crippen LogP) is 3.68. The Morgan fingerprint density at radius 3 is 2.23 bits per heavy atom. The van der Waals surface area contributed by atoms with Crippen molar-refractivity contribution >= 4 is 14.6 Å². The summed E-state index contributed by atoms with van der Waals surface area (Å²) < 4.78 is 0. The van der Waals surface area contributed by atoms with Crippen LogP contribution in [0.4, 0.5) is 0 Å². The van der Waals surface area contributed by atoms with E-state index in [1.54, 1.807) is 0 Å². The maximum atomic E-state index is 4.40. The molecule has 0 spiro atoms. The molecule has 0 unspecified atom stereocenters. The summed E-state index contributed by atoms with van der Waals surface area (Å²) in [7, 11) is -1.59. The van der Waals surface area contributed by atoms with Crippen LogP contribution in [0, 0.1) is 0 Å². The third kappa shape index (κ3) is 3.35. The summed E-state index contributed by atoms with van der Waals surface area (Å²) in [5.74, 6) is 5.52. The summed E-state index contributed by atoms with van der Waals surface area (Å²) in [6.07, 6.45) is 12.6. The number of allylic oxidation sites excluding steroid dienone is 4. The Morgan fingerprint density at radius 1 is 1.38 bits per heavy atom. The molecule has 0 amide bonds. The van der Waals surface area contributed by atoms with Gasteiger partial charge in [0.25, 0.3) is 0 Å². The Balaban J connectivity index is 5.14. The first-order chi connectivity index (χ1) is 5.85. The highest BCUT2D eigenvalue weighted by molar-refractivity contribution is 8.48. The standard InChI is InChI=1S/C12H22S/c1-7-10-11-12(8-2)13(4,5,6)9-3/h7-8,10-11H,1,4,9H2,2-3,5-6H3/b11-10-,12-8+. The first-order valence-electron chi connectivity index (χ1n) is 4.53. The first-order valence-corrected chi connectivity index (χ1v) is 7.73. The average molecular weight is 198 g/mol. The van der Waals surface area contributed by atoms with Crippen molar-refractivity contribution in [2.75, 3.05) is 18.3 Å². The van der Waals surface area contributed by atoms with E-state index >= 15 is 0 Å². The molecule has 0 nitrogen and oxygen atoms in total. The molecule has 0 rings (SSSR count). The van der Waals surface area contributed by atoms with Gasteiger partial charge >= 0.3 is 0 Å². The van der Waals surface area contributed by atoms with E-state index in [0.717, 1.165) is 5.75 Å². The molecule has 0 radical (unpaired) electrons. The smallest absolute Gasteiger partial charge is 0.0185 e. The molecular formula is C12H22S. The topological polar surface area (TPSA) is 0 Å².